The molecule has 0 bridgehead atoms. The van der Waals surface area contributed by atoms with E-state index in [2.05, 4.69) is 0 Å². The van der Waals surface area contributed by atoms with E-state index >= 15 is 0 Å². The van der Waals surface area contributed by atoms with E-state index in [1.54, 1.807) is 55.5 Å². The standard InChI is InChI=1S/C18H15NO4S/c1-11(12-7-9-13(20)10-8-12)16-17(21)19(18(22)24-16)14-5-3-4-6-15(14)23-2/h3-10,20H,1-2H3/b16-11-. The number of imide groups is 1. The molecule has 6 heteroatoms. The number of aromatic hydroxyl groups is 1. The summed E-state index contributed by atoms with van der Waals surface area (Å²) in [6.45, 7) is 1.78. The molecule has 0 atom stereocenters. The number of phenolic OH excluding ortho intramolecular Hbond substituents is 1. The van der Waals surface area contributed by atoms with Gasteiger partial charge in [0, 0.05) is 0 Å². The van der Waals surface area contributed by atoms with Gasteiger partial charge >= 0.3 is 0 Å². The zero-order chi connectivity index (χ0) is 17.3. The van der Waals surface area contributed by atoms with Crippen LogP contribution in [0.5, 0.6) is 11.5 Å². The Morgan fingerprint density at radius 1 is 1.08 bits per heavy atom. The van der Waals surface area contributed by atoms with Gasteiger partial charge in [-0.25, -0.2) is 4.90 Å². The Bertz CT molecular complexity index is 842. The molecule has 2 amide bonds. The molecule has 0 saturated carbocycles. The Hall–Kier alpha value is -2.73. The molecule has 0 radical (unpaired) electrons. The molecule has 0 aromatic heterocycles. The number of hydrogen-bond donors (Lipinski definition) is 1. The van der Waals surface area contributed by atoms with Gasteiger partial charge in [-0.2, -0.15) is 0 Å². The van der Waals surface area contributed by atoms with E-state index in [1.165, 1.54) is 7.11 Å². The molecule has 1 aliphatic rings. The maximum atomic E-state index is 12.8. The third kappa shape index (κ3) is 2.76. The summed E-state index contributed by atoms with van der Waals surface area (Å²) in [4.78, 5) is 26.7. The molecule has 0 unspecified atom stereocenters. The third-order valence-electron chi connectivity index (χ3n) is 3.74. The number of anilines is 1. The Labute approximate surface area is 143 Å². The second kappa shape index (κ2) is 6.41. The lowest BCUT2D eigenvalue weighted by molar-refractivity contribution is -0.113. The predicted octanol–water partition coefficient (Wildman–Crippen LogP) is 4.03. The van der Waals surface area contributed by atoms with Crippen molar-refractivity contribution in [2.24, 2.45) is 0 Å². The van der Waals surface area contributed by atoms with Crippen LogP contribution in [0.2, 0.25) is 0 Å². The van der Waals surface area contributed by atoms with Crippen LogP contribution in [0.1, 0.15) is 12.5 Å². The zero-order valence-electron chi connectivity index (χ0n) is 13.1. The number of allylic oxidation sites excluding steroid dienone is 1. The van der Waals surface area contributed by atoms with E-state index in [0.29, 0.717) is 21.9 Å². The topological polar surface area (TPSA) is 66.8 Å². The normalized spacial score (nSPS) is 16.5. The fraction of sp³-hybridized carbons (Fsp3) is 0.111. The molecule has 1 saturated heterocycles. The summed E-state index contributed by atoms with van der Waals surface area (Å²) < 4.78 is 5.25. The van der Waals surface area contributed by atoms with Gasteiger partial charge in [0.1, 0.15) is 11.5 Å². The second-order valence-corrected chi connectivity index (χ2v) is 6.14. The lowest BCUT2D eigenvalue weighted by atomic mass is 10.1. The first-order valence-electron chi connectivity index (χ1n) is 7.22. The van der Waals surface area contributed by atoms with Crippen LogP contribution in [0.4, 0.5) is 10.5 Å². The molecule has 1 heterocycles. The van der Waals surface area contributed by atoms with Gasteiger partial charge in [0.05, 0.1) is 17.7 Å². The number of amides is 2. The van der Waals surface area contributed by atoms with Crippen molar-refractivity contribution in [3.8, 4) is 11.5 Å². The number of carbonyl (C=O) groups is 2. The molecule has 2 aromatic carbocycles. The number of thioether (sulfide) groups is 1. The van der Waals surface area contributed by atoms with E-state index in [9.17, 15) is 14.7 Å². The van der Waals surface area contributed by atoms with E-state index in [4.69, 9.17) is 4.74 Å². The highest BCUT2D eigenvalue weighted by Gasteiger charge is 2.39. The summed E-state index contributed by atoms with van der Waals surface area (Å²) in [5.41, 5.74) is 1.89. The van der Waals surface area contributed by atoms with Crippen LogP contribution in [0.15, 0.2) is 53.4 Å². The van der Waals surface area contributed by atoms with Crippen molar-refractivity contribution >= 4 is 34.2 Å². The van der Waals surface area contributed by atoms with Crippen molar-refractivity contribution in [1.82, 2.24) is 0 Å². The number of benzene rings is 2. The number of para-hydroxylation sites is 2. The van der Waals surface area contributed by atoms with Crippen LogP contribution in [0.3, 0.4) is 0 Å². The maximum absolute atomic E-state index is 12.8. The van der Waals surface area contributed by atoms with Gasteiger partial charge in [-0.15, -0.1) is 0 Å². The molecule has 1 N–H and O–H groups in total. The van der Waals surface area contributed by atoms with Gasteiger partial charge in [-0.1, -0.05) is 24.3 Å². The van der Waals surface area contributed by atoms with Gasteiger partial charge in [0.15, 0.2) is 0 Å². The van der Waals surface area contributed by atoms with E-state index in [1.807, 2.05) is 0 Å². The van der Waals surface area contributed by atoms with Gasteiger partial charge in [0.2, 0.25) is 0 Å². The third-order valence-corrected chi connectivity index (χ3v) is 4.78. The number of rotatable bonds is 3. The average Bonchev–Trinajstić information content (AvgIpc) is 2.89. The summed E-state index contributed by atoms with van der Waals surface area (Å²) in [7, 11) is 1.50. The number of ether oxygens (including phenoxy) is 1. The van der Waals surface area contributed by atoms with Gasteiger partial charge < -0.3 is 9.84 Å². The van der Waals surface area contributed by atoms with Gasteiger partial charge in [-0.05, 0) is 54.1 Å². The highest BCUT2D eigenvalue weighted by atomic mass is 32.2. The molecule has 0 aliphatic carbocycles. The smallest absolute Gasteiger partial charge is 0.298 e. The van der Waals surface area contributed by atoms with Gasteiger partial charge in [-0.3, -0.25) is 9.59 Å². The summed E-state index contributed by atoms with van der Waals surface area (Å²) >= 11 is 0.902. The van der Waals surface area contributed by atoms with Crippen LogP contribution in [-0.4, -0.2) is 23.4 Å². The SMILES string of the molecule is COc1ccccc1N1C(=O)S/C(=C(/C)c2ccc(O)cc2)C1=O. The van der Waals surface area contributed by atoms with E-state index in [0.717, 1.165) is 22.2 Å². The van der Waals surface area contributed by atoms with Crippen molar-refractivity contribution in [2.75, 3.05) is 12.0 Å². The zero-order valence-corrected chi connectivity index (χ0v) is 14.0. The highest BCUT2D eigenvalue weighted by Crippen LogP contribution is 2.41. The van der Waals surface area contributed by atoms with Gasteiger partial charge in [0.25, 0.3) is 11.1 Å². The first kappa shape index (κ1) is 16.1. The first-order chi connectivity index (χ1) is 11.5. The van der Waals surface area contributed by atoms with Crippen molar-refractivity contribution in [2.45, 2.75) is 6.92 Å². The molecule has 1 aliphatic heterocycles. The first-order valence-corrected chi connectivity index (χ1v) is 8.04. The van der Waals surface area contributed by atoms with Crippen LogP contribution in [0, 0.1) is 0 Å². The Balaban J connectivity index is 2.03. The molecule has 0 spiro atoms. The van der Waals surface area contributed by atoms with E-state index in [-0.39, 0.29) is 16.9 Å². The van der Waals surface area contributed by atoms with Crippen molar-refractivity contribution in [3.05, 3.63) is 59.0 Å². The summed E-state index contributed by atoms with van der Waals surface area (Å²) in [5.74, 6) is 0.233. The average molecular weight is 341 g/mol. The largest absolute Gasteiger partial charge is 0.508 e. The summed E-state index contributed by atoms with van der Waals surface area (Å²) in [5, 5.41) is 9.02. The molecule has 24 heavy (non-hydrogen) atoms. The summed E-state index contributed by atoms with van der Waals surface area (Å²) in [6, 6.07) is 13.4. The van der Waals surface area contributed by atoms with Crippen LogP contribution < -0.4 is 9.64 Å². The van der Waals surface area contributed by atoms with E-state index < -0.39 is 0 Å². The molecule has 5 nitrogen and oxygen atoms in total. The van der Waals surface area contributed by atoms with Crippen molar-refractivity contribution in [3.63, 3.8) is 0 Å². The number of methoxy groups -OCH3 is 1. The Kier molecular flexibility index (Phi) is 4.31. The minimum Gasteiger partial charge on any atom is -0.508 e. The Morgan fingerprint density at radius 3 is 2.42 bits per heavy atom. The van der Waals surface area contributed by atoms with Crippen molar-refractivity contribution < 1.29 is 19.4 Å². The fourth-order valence-electron chi connectivity index (χ4n) is 2.46. The molecular weight excluding hydrogens is 326 g/mol. The maximum Gasteiger partial charge on any atom is 0.298 e. The minimum absolute atomic E-state index is 0.147. The molecule has 2 aromatic rings. The second-order valence-electron chi connectivity index (χ2n) is 5.18. The predicted molar refractivity (Wildman–Crippen MR) is 94.2 cm³/mol. The molecule has 1 fully saturated rings. The highest BCUT2D eigenvalue weighted by molar-refractivity contribution is 8.19. The van der Waals surface area contributed by atoms with Crippen LogP contribution >= 0.6 is 11.8 Å². The van der Waals surface area contributed by atoms with Crippen LogP contribution in [-0.2, 0) is 4.79 Å². The van der Waals surface area contributed by atoms with Crippen LogP contribution in [0.25, 0.3) is 5.57 Å². The minimum atomic E-state index is -0.375. The summed E-state index contributed by atoms with van der Waals surface area (Å²) in [6.07, 6.45) is 0. The number of nitrogens with zero attached hydrogens (tertiary/aromatic N) is 1. The lowest BCUT2D eigenvalue weighted by Gasteiger charge is -2.16. The fourth-order valence-corrected chi connectivity index (χ4v) is 3.36. The number of carbonyl (C=O) groups excluding carboxylic acids is 2. The molecule has 3 rings (SSSR count). The Morgan fingerprint density at radius 2 is 1.75 bits per heavy atom. The molecular formula is C18H15NO4S. The lowest BCUT2D eigenvalue weighted by Crippen LogP contribution is -2.28. The van der Waals surface area contributed by atoms with Crippen molar-refractivity contribution in [1.29, 1.82) is 0 Å². The monoisotopic (exact) mass is 341 g/mol. The quantitative estimate of drug-likeness (QED) is 0.854. The number of phenols is 1. The molecule has 122 valence electrons. The number of hydrogen-bond acceptors (Lipinski definition) is 5.